The molecule has 1 saturated heterocycles. The second kappa shape index (κ2) is 6.35. The zero-order valence-electron chi connectivity index (χ0n) is 12.9. The van der Waals surface area contributed by atoms with E-state index in [4.69, 9.17) is 0 Å². The van der Waals surface area contributed by atoms with Crippen molar-refractivity contribution in [2.75, 3.05) is 23.0 Å². The van der Waals surface area contributed by atoms with Gasteiger partial charge >= 0.3 is 0 Å². The standard InChI is InChI=1S/C16H25FN2S/c1-12-11-20-8-7-19(12)15-6-5-14(17)9-13(15)10-18-16(2,3)4/h5-6,9,12,18H,7-8,10-11H2,1-4H3. The Morgan fingerprint density at radius 2 is 2.15 bits per heavy atom. The molecule has 0 aliphatic carbocycles. The molecule has 0 aromatic heterocycles. The molecule has 1 aromatic rings. The molecule has 1 aliphatic heterocycles. The van der Waals surface area contributed by atoms with Crippen molar-refractivity contribution in [1.82, 2.24) is 5.32 Å². The number of anilines is 1. The lowest BCUT2D eigenvalue weighted by Crippen LogP contribution is -2.41. The minimum absolute atomic E-state index is 0.0347. The predicted octanol–water partition coefficient (Wildman–Crippen LogP) is 3.66. The molecular formula is C16H25FN2S. The highest BCUT2D eigenvalue weighted by molar-refractivity contribution is 7.99. The lowest BCUT2D eigenvalue weighted by Gasteiger charge is -2.36. The van der Waals surface area contributed by atoms with Gasteiger partial charge in [0.2, 0.25) is 0 Å². The quantitative estimate of drug-likeness (QED) is 0.916. The summed E-state index contributed by atoms with van der Waals surface area (Å²) in [6, 6.07) is 5.68. The van der Waals surface area contributed by atoms with Gasteiger partial charge in [-0.2, -0.15) is 11.8 Å². The summed E-state index contributed by atoms with van der Waals surface area (Å²) in [4.78, 5) is 2.41. The second-order valence-corrected chi connectivity index (χ2v) is 7.64. The Kier molecular flexibility index (Phi) is 4.97. The third kappa shape index (κ3) is 4.13. The van der Waals surface area contributed by atoms with Gasteiger partial charge in [0.05, 0.1) is 0 Å². The van der Waals surface area contributed by atoms with Gasteiger partial charge in [0.15, 0.2) is 0 Å². The molecule has 112 valence electrons. The van der Waals surface area contributed by atoms with E-state index in [9.17, 15) is 4.39 Å². The van der Waals surface area contributed by atoms with Gasteiger partial charge in [0.1, 0.15) is 5.82 Å². The van der Waals surface area contributed by atoms with Gasteiger partial charge in [-0.15, -0.1) is 0 Å². The average molecular weight is 296 g/mol. The fourth-order valence-electron chi connectivity index (χ4n) is 2.42. The van der Waals surface area contributed by atoms with Gasteiger partial charge in [0, 0.05) is 41.9 Å². The molecule has 2 rings (SSSR count). The maximum absolute atomic E-state index is 13.6. The molecule has 1 heterocycles. The monoisotopic (exact) mass is 296 g/mol. The summed E-state index contributed by atoms with van der Waals surface area (Å²) in [5.41, 5.74) is 2.27. The third-order valence-electron chi connectivity index (χ3n) is 3.53. The van der Waals surface area contributed by atoms with Crippen LogP contribution >= 0.6 is 11.8 Å². The van der Waals surface area contributed by atoms with Gasteiger partial charge in [0.25, 0.3) is 0 Å². The van der Waals surface area contributed by atoms with Crippen molar-refractivity contribution in [3.8, 4) is 0 Å². The molecule has 2 nitrogen and oxygen atoms in total. The number of nitrogens with one attached hydrogen (secondary N) is 1. The highest BCUT2D eigenvalue weighted by Crippen LogP contribution is 2.28. The van der Waals surface area contributed by atoms with Gasteiger partial charge in [-0.25, -0.2) is 4.39 Å². The first kappa shape index (κ1) is 15.6. The second-order valence-electron chi connectivity index (χ2n) is 6.49. The van der Waals surface area contributed by atoms with E-state index in [0.29, 0.717) is 12.6 Å². The van der Waals surface area contributed by atoms with Crippen molar-refractivity contribution in [1.29, 1.82) is 0 Å². The van der Waals surface area contributed by atoms with Crippen LogP contribution in [0.15, 0.2) is 18.2 Å². The van der Waals surface area contributed by atoms with Crippen molar-refractivity contribution < 1.29 is 4.39 Å². The Balaban J connectivity index is 2.23. The van der Waals surface area contributed by atoms with E-state index in [1.165, 1.54) is 5.69 Å². The maximum atomic E-state index is 13.6. The molecule has 0 amide bonds. The first-order valence-electron chi connectivity index (χ1n) is 7.25. The number of benzene rings is 1. The predicted molar refractivity (Wildman–Crippen MR) is 87.1 cm³/mol. The SMILES string of the molecule is CC1CSCCN1c1ccc(F)cc1CNC(C)(C)C. The topological polar surface area (TPSA) is 15.3 Å². The molecule has 1 N–H and O–H groups in total. The first-order chi connectivity index (χ1) is 9.37. The van der Waals surface area contributed by atoms with Crippen LogP contribution in [0.4, 0.5) is 10.1 Å². The van der Waals surface area contributed by atoms with Crippen molar-refractivity contribution in [2.45, 2.75) is 45.8 Å². The summed E-state index contributed by atoms with van der Waals surface area (Å²) in [6.07, 6.45) is 0. The molecule has 1 aromatic carbocycles. The first-order valence-corrected chi connectivity index (χ1v) is 8.40. The van der Waals surface area contributed by atoms with Crippen LogP contribution in [0.25, 0.3) is 0 Å². The molecule has 0 radical (unpaired) electrons. The number of hydrogen-bond acceptors (Lipinski definition) is 3. The Bertz CT molecular complexity index is 456. The molecule has 1 unspecified atom stereocenters. The van der Waals surface area contributed by atoms with E-state index in [1.54, 1.807) is 12.1 Å². The van der Waals surface area contributed by atoms with Gasteiger partial charge in [-0.05, 0) is 51.5 Å². The van der Waals surface area contributed by atoms with Crippen LogP contribution in [0.2, 0.25) is 0 Å². The van der Waals surface area contributed by atoms with E-state index in [0.717, 1.165) is 23.6 Å². The number of thioether (sulfide) groups is 1. The molecule has 0 saturated carbocycles. The highest BCUT2D eigenvalue weighted by Gasteiger charge is 2.22. The lowest BCUT2D eigenvalue weighted by molar-refractivity contribution is 0.423. The van der Waals surface area contributed by atoms with Gasteiger partial charge in [-0.3, -0.25) is 0 Å². The number of hydrogen-bond donors (Lipinski definition) is 1. The van der Waals surface area contributed by atoms with E-state index in [-0.39, 0.29) is 11.4 Å². The molecule has 0 bridgehead atoms. The maximum Gasteiger partial charge on any atom is 0.123 e. The van der Waals surface area contributed by atoms with E-state index in [2.05, 4.69) is 37.9 Å². The Hall–Kier alpha value is -0.740. The smallest absolute Gasteiger partial charge is 0.123 e. The number of rotatable bonds is 3. The Morgan fingerprint density at radius 1 is 1.40 bits per heavy atom. The van der Waals surface area contributed by atoms with Crippen LogP contribution in [0.1, 0.15) is 33.3 Å². The molecule has 1 aliphatic rings. The average Bonchev–Trinajstić information content (AvgIpc) is 2.37. The molecule has 0 spiro atoms. The number of nitrogens with zero attached hydrogens (tertiary/aromatic N) is 1. The van der Waals surface area contributed by atoms with Crippen molar-refractivity contribution >= 4 is 17.4 Å². The van der Waals surface area contributed by atoms with E-state index >= 15 is 0 Å². The molecule has 1 fully saturated rings. The molecule has 20 heavy (non-hydrogen) atoms. The summed E-state index contributed by atoms with van der Waals surface area (Å²) in [5.74, 6) is 2.13. The van der Waals surface area contributed by atoms with Crippen LogP contribution in [0.5, 0.6) is 0 Å². The molecule has 4 heteroatoms. The van der Waals surface area contributed by atoms with Crippen LogP contribution < -0.4 is 10.2 Å². The molecule has 1 atom stereocenters. The molecular weight excluding hydrogens is 271 g/mol. The Labute approximate surface area is 126 Å². The highest BCUT2D eigenvalue weighted by atomic mass is 32.2. The summed E-state index contributed by atoms with van der Waals surface area (Å²) in [6.45, 7) is 10.4. The minimum Gasteiger partial charge on any atom is -0.367 e. The van der Waals surface area contributed by atoms with Crippen LogP contribution in [0, 0.1) is 5.82 Å². The number of halogens is 1. The van der Waals surface area contributed by atoms with E-state index < -0.39 is 0 Å². The normalized spacial score (nSPS) is 20.2. The van der Waals surface area contributed by atoms with Crippen LogP contribution in [-0.4, -0.2) is 29.6 Å². The fraction of sp³-hybridized carbons (Fsp3) is 0.625. The third-order valence-corrected chi connectivity index (χ3v) is 4.72. The lowest BCUT2D eigenvalue weighted by atomic mass is 10.1. The Morgan fingerprint density at radius 3 is 2.80 bits per heavy atom. The van der Waals surface area contributed by atoms with Crippen LogP contribution in [-0.2, 0) is 6.54 Å². The summed E-state index contributed by atoms with van der Waals surface area (Å²) in [7, 11) is 0. The summed E-state index contributed by atoms with van der Waals surface area (Å²) in [5, 5.41) is 3.46. The van der Waals surface area contributed by atoms with E-state index in [1.807, 2.05) is 17.8 Å². The minimum atomic E-state index is -0.154. The van der Waals surface area contributed by atoms with Crippen molar-refractivity contribution in [3.05, 3.63) is 29.6 Å². The van der Waals surface area contributed by atoms with Crippen molar-refractivity contribution in [2.24, 2.45) is 0 Å². The summed E-state index contributed by atoms with van der Waals surface area (Å²) < 4.78 is 13.6. The largest absolute Gasteiger partial charge is 0.367 e. The van der Waals surface area contributed by atoms with Gasteiger partial charge < -0.3 is 10.2 Å². The van der Waals surface area contributed by atoms with Crippen molar-refractivity contribution in [3.63, 3.8) is 0 Å². The zero-order valence-corrected chi connectivity index (χ0v) is 13.7. The fourth-order valence-corrected chi connectivity index (χ4v) is 3.43. The summed E-state index contributed by atoms with van der Waals surface area (Å²) >= 11 is 2.00. The van der Waals surface area contributed by atoms with Gasteiger partial charge in [-0.1, -0.05) is 0 Å². The zero-order chi connectivity index (χ0) is 14.8. The van der Waals surface area contributed by atoms with Crippen LogP contribution in [0.3, 0.4) is 0 Å².